The zero-order valence-corrected chi connectivity index (χ0v) is 17.5. The molecule has 0 bridgehead atoms. The molecule has 0 spiro atoms. The lowest BCUT2D eigenvalue weighted by Gasteiger charge is -2.41. The van der Waals surface area contributed by atoms with Gasteiger partial charge in [0.1, 0.15) is 16.5 Å². The van der Waals surface area contributed by atoms with Crippen molar-refractivity contribution in [1.29, 1.82) is 0 Å². The maximum Gasteiger partial charge on any atom is 0.227 e. The van der Waals surface area contributed by atoms with Crippen LogP contribution in [0.1, 0.15) is 43.1 Å². The number of fused-ring (bicyclic) bond motifs is 1. The lowest BCUT2D eigenvalue weighted by molar-refractivity contribution is 0.143. The van der Waals surface area contributed by atoms with Crippen LogP contribution >= 0.6 is 11.6 Å². The maximum atomic E-state index is 12.6. The van der Waals surface area contributed by atoms with Crippen LogP contribution < -0.4 is 10.2 Å². The minimum Gasteiger partial charge on any atom is -0.394 e. The number of nitrogens with zero attached hydrogens (tertiary/aromatic N) is 5. The van der Waals surface area contributed by atoms with E-state index in [9.17, 15) is 9.32 Å². The van der Waals surface area contributed by atoms with Gasteiger partial charge in [-0.1, -0.05) is 11.6 Å². The van der Waals surface area contributed by atoms with Crippen LogP contribution in [0.2, 0.25) is 5.02 Å². The summed E-state index contributed by atoms with van der Waals surface area (Å²) in [6.45, 7) is 1.59. The number of rotatable bonds is 5. The first-order valence-electron chi connectivity index (χ1n) is 9.98. The van der Waals surface area contributed by atoms with Crippen molar-refractivity contribution in [3.05, 3.63) is 28.9 Å². The van der Waals surface area contributed by atoms with Crippen LogP contribution in [0.3, 0.4) is 0 Å². The molecule has 1 saturated carbocycles. The second kappa shape index (κ2) is 7.45. The zero-order valence-electron chi connectivity index (χ0n) is 16.0. The molecule has 1 aliphatic carbocycles. The van der Waals surface area contributed by atoms with E-state index in [1.54, 1.807) is 12.4 Å². The number of hydrogen-bond acceptors (Lipinski definition) is 8. The van der Waals surface area contributed by atoms with Crippen molar-refractivity contribution in [1.82, 2.24) is 19.9 Å². The molecule has 3 aliphatic rings. The number of hydrogen-bond donors (Lipinski definition) is 2. The van der Waals surface area contributed by atoms with Crippen molar-refractivity contribution in [2.24, 2.45) is 0 Å². The quantitative estimate of drug-likeness (QED) is 0.735. The predicted octanol–water partition coefficient (Wildman–Crippen LogP) is 1.90. The highest BCUT2D eigenvalue weighted by Gasteiger charge is 2.39. The second-order valence-electron chi connectivity index (χ2n) is 8.06. The van der Waals surface area contributed by atoms with Crippen LogP contribution in [0.25, 0.3) is 0 Å². The number of aryl methyl sites for hydroxylation is 1. The standard InChI is InChI=1S/C19H23ClN6O2S/c20-13-8-21-16(22-9-13)12-2-6-26(10-12)18-23-14-3-7-29(28)15(14)17(24-18)25-19(11-27)4-1-5-19/h8-9,12,27H,1-7,10-11H2,(H,23,24,25). The van der Waals surface area contributed by atoms with Crippen molar-refractivity contribution in [3.8, 4) is 0 Å². The van der Waals surface area contributed by atoms with Gasteiger partial charge in [0.05, 0.1) is 33.7 Å². The monoisotopic (exact) mass is 434 g/mol. The lowest BCUT2D eigenvalue weighted by Crippen LogP contribution is -2.48. The molecule has 0 radical (unpaired) electrons. The largest absolute Gasteiger partial charge is 0.394 e. The molecule has 8 nitrogen and oxygen atoms in total. The van der Waals surface area contributed by atoms with E-state index < -0.39 is 10.8 Å². The summed E-state index contributed by atoms with van der Waals surface area (Å²) in [6.07, 6.45) is 7.72. The van der Waals surface area contributed by atoms with Gasteiger partial charge in [0.15, 0.2) is 0 Å². The van der Waals surface area contributed by atoms with E-state index in [0.717, 1.165) is 50.3 Å². The Bertz CT molecular complexity index is 947. The molecule has 2 aliphatic heterocycles. The Labute approximate surface area is 176 Å². The van der Waals surface area contributed by atoms with Gasteiger partial charge in [-0.2, -0.15) is 4.98 Å². The summed E-state index contributed by atoms with van der Waals surface area (Å²) in [4.78, 5) is 21.1. The smallest absolute Gasteiger partial charge is 0.227 e. The fourth-order valence-electron chi connectivity index (χ4n) is 4.27. The second-order valence-corrected chi connectivity index (χ2v) is 10.00. The number of aromatic nitrogens is 4. The molecule has 29 heavy (non-hydrogen) atoms. The summed E-state index contributed by atoms with van der Waals surface area (Å²) >= 11 is 5.90. The molecule has 10 heteroatoms. The van der Waals surface area contributed by atoms with Gasteiger partial charge < -0.3 is 15.3 Å². The van der Waals surface area contributed by atoms with E-state index in [1.807, 2.05) is 0 Å². The molecular weight excluding hydrogens is 412 g/mol. The van der Waals surface area contributed by atoms with Gasteiger partial charge in [-0.25, -0.2) is 15.0 Å². The average molecular weight is 435 g/mol. The van der Waals surface area contributed by atoms with Crippen molar-refractivity contribution in [3.63, 3.8) is 0 Å². The Hall–Kier alpha value is -1.84. The highest BCUT2D eigenvalue weighted by Crippen LogP contribution is 2.39. The summed E-state index contributed by atoms with van der Waals surface area (Å²) in [5.74, 6) is 2.83. The zero-order chi connectivity index (χ0) is 20.0. The van der Waals surface area contributed by atoms with Crippen LogP contribution in [0.4, 0.5) is 11.8 Å². The third-order valence-corrected chi connectivity index (χ3v) is 7.80. The predicted molar refractivity (Wildman–Crippen MR) is 111 cm³/mol. The van der Waals surface area contributed by atoms with E-state index in [-0.39, 0.29) is 18.1 Å². The molecule has 2 unspecified atom stereocenters. The number of halogens is 1. The molecule has 4 heterocycles. The number of aliphatic hydroxyl groups excluding tert-OH is 1. The van der Waals surface area contributed by atoms with Crippen molar-refractivity contribution in [2.75, 3.05) is 35.7 Å². The summed E-state index contributed by atoms with van der Waals surface area (Å²) in [5, 5.41) is 13.8. The first kappa shape index (κ1) is 19.1. The first-order chi connectivity index (χ1) is 14.1. The van der Waals surface area contributed by atoms with Crippen molar-refractivity contribution in [2.45, 2.75) is 48.5 Å². The van der Waals surface area contributed by atoms with E-state index in [2.05, 4.69) is 20.2 Å². The molecule has 5 rings (SSSR count). The lowest BCUT2D eigenvalue weighted by atomic mass is 9.77. The van der Waals surface area contributed by atoms with E-state index in [0.29, 0.717) is 33.9 Å². The third-order valence-electron chi connectivity index (χ3n) is 6.15. The normalized spacial score (nSPS) is 25.0. The highest BCUT2D eigenvalue weighted by molar-refractivity contribution is 7.85. The number of aliphatic hydroxyl groups is 1. The Morgan fingerprint density at radius 1 is 1.31 bits per heavy atom. The Morgan fingerprint density at radius 3 is 2.79 bits per heavy atom. The first-order valence-corrected chi connectivity index (χ1v) is 11.7. The SMILES string of the molecule is O=S1CCc2nc(N3CCC(c4ncc(Cl)cn4)C3)nc(NC3(CO)CCC3)c21. The molecule has 2 fully saturated rings. The van der Waals surface area contributed by atoms with Crippen molar-refractivity contribution >= 4 is 34.2 Å². The molecule has 2 atom stereocenters. The van der Waals surface area contributed by atoms with Crippen LogP contribution in [-0.2, 0) is 17.2 Å². The Morgan fingerprint density at radius 2 is 2.10 bits per heavy atom. The van der Waals surface area contributed by atoms with Crippen molar-refractivity contribution < 1.29 is 9.32 Å². The molecule has 2 aromatic heterocycles. The molecule has 2 aromatic rings. The highest BCUT2D eigenvalue weighted by atomic mass is 35.5. The maximum absolute atomic E-state index is 12.6. The molecular formula is C19H23ClN6O2S. The van der Waals surface area contributed by atoms with Crippen LogP contribution in [0.15, 0.2) is 17.3 Å². The van der Waals surface area contributed by atoms with Gasteiger partial charge in [0.25, 0.3) is 0 Å². The van der Waals surface area contributed by atoms with Gasteiger partial charge >= 0.3 is 0 Å². The summed E-state index contributed by atoms with van der Waals surface area (Å²) < 4.78 is 12.6. The third kappa shape index (κ3) is 3.49. The number of nitrogens with one attached hydrogen (secondary N) is 1. The van der Waals surface area contributed by atoms with E-state index in [4.69, 9.17) is 21.6 Å². The molecule has 0 aromatic carbocycles. The van der Waals surface area contributed by atoms with Crippen LogP contribution in [0, 0.1) is 0 Å². The fraction of sp³-hybridized carbons (Fsp3) is 0.579. The van der Waals surface area contributed by atoms with E-state index >= 15 is 0 Å². The van der Waals surface area contributed by atoms with Gasteiger partial charge in [0.2, 0.25) is 5.95 Å². The van der Waals surface area contributed by atoms with Gasteiger partial charge in [-0.3, -0.25) is 4.21 Å². The number of anilines is 2. The van der Waals surface area contributed by atoms with Gasteiger partial charge in [0, 0.05) is 43.6 Å². The average Bonchev–Trinajstić information content (AvgIpc) is 3.33. The van der Waals surface area contributed by atoms with E-state index in [1.165, 1.54) is 0 Å². The molecule has 2 N–H and O–H groups in total. The topological polar surface area (TPSA) is 104 Å². The summed E-state index contributed by atoms with van der Waals surface area (Å²) in [6, 6.07) is 0. The summed E-state index contributed by atoms with van der Waals surface area (Å²) in [7, 11) is -1.09. The Kier molecular flexibility index (Phi) is 4.92. The minimum absolute atomic E-state index is 0.0490. The fourth-order valence-corrected chi connectivity index (χ4v) is 5.68. The summed E-state index contributed by atoms with van der Waals surface area (Å²) in [5.41, 5.74) is 0.506. The van der Waals surface area contributed by atoms with Crippen LogP contribution in [0.5, 0.6) is 0 Å². The van der Waals surface area contributed by atoms with Gasteiger partial charge in [-0.05, 0) is 25.7 Å². The minimum atomic E-state index is -1.09. The van der Waals surface area contributed by atoms with Crippen LogP contribution in [-0.4, -0.2) is 60.2 Å². The molecule has 154 valence electrons. The Balaban J connectivity index is 1.43. The van der Waals surface area contributed by atoms with Gasteiger partial charge in [-0.15, -0.1) is 0 Å². The molecule has 1 saturated heterocycles. The molecule has 0 amide bonds.